The minimum absolute atomic E-state index is 0.141. The monoisotopic (exact) mass is 377 g/mol. The first-order valence-corrected chi connectivity index (χ1v) is 8.81. The summed E-state index contributed by atoms with van der Waals surface area (Å²) in [6, 6.07) is 10.5. The van der Waals surface area contributed by atoms with E-state index in [-0.39, 0.29) is 18.6 Å². The summed E-state index contributed by atoms with van der Waals surface area (Å²) in [5.41, 5.74) is 1.30. The zero-order chi connectivity index (χ0) is 19.1. The number of hydrogen-bond acceptors (Lipinski definition) is 4. The largest absolute Gasteiger partial charge is 0.493 e. The van der Waals surface area contributed by atoms with E-state index in [0.29, 0.717) is 22.1 Å². The predicted octanol–water partition coefficient (Wildman–Crippen LogP) is 4.46. The predicted molar refractivity (Wildman–Crippen MR) is 103 cm³/mol. The Bertz CT molecular complexity index is 746. The molecule has 0 radical (unpaired) electrons. The van der Waals surface area contributed by atoms with E-state index in [1.54, 1.807) is 50.6 Å². The summed E-state index contributed by atoms with van der Waals surface area (Å²) in [7, 11) is 3.10. The van der Waals surface area contributed by atoms with Crippen molar-refractivity contribution in [3.8, 4) is 17.2 Å². The maximum Gasteiger partial charge on any atom is 0.251 e. The van der Waals surface area contributed by atoms with Crippen LogP contribution in [0.2, 0.25) is 5.02 Å². The summed E-state index contributed by atoms with van der Waals surface area (Å²) in [5.74, 6) is 1.67. The van der Waals surface area contributed by atoms with E-state index in [0.717, 1.165) is 17.7 Å². The standard InChI is InChI=1S/C20H24ClNO4/c1-5-13(2)26-16-8-6-14(7-9-16)20(23)22-12-15-10-18(24-3)19(25-4)11-17(15)21/h6-11,13H,5,12H2,1-4H3,(H,22,23). The minimum Gasteiger partial charge on any atom is -0.493 e. The summed E-state index contributed by atoms with van der Waals surface area (Å²) in [5, 5.41) is 3.36. The molecule has 2 rings (SSSR count). The number of amides is 1. The lowest BCUT2D eigenvalue weighted by atomic mass is 10.1. The van der Waals surface area contributed by atoms with Crippen molar-refractivity contribution in [3.05, 3.63) is 52.5 Å². The SMILES string of the molecule is CCC(C)Oc1ccc(C(=O)NCc2cc(OC)c(OC)cc2Cl)cc1. The maximum atomic E-state index is 12.3. The lowest BCUT2D eigenvalue weighted by molar-refractivity contribution is 0.0951. The molecule has 0 bridgehead atoms. The van der Waals surface area contributed by atoms with Crippen LogP contribution in [0.1, 0.15) is 36.2 Å². The summed E-state index contributed by atoms with van der Waals surface area (Å²) in [6.07, 6.45) is 1.07. The van der Waals surface area contributed by atoms with Crippen molar-refractivity contribution < 1.29 is 19.0 Å². The highest BCUT2D eigenvalue weighted by molar-refractivity contribution is 6.31. The van der Waals surface area contributed by atoms with Gasteiger partial charge in [0.2, 0.25) is 0 Å². The molecule has 0 spiro atoms. The molecule has 6 heteroatoms. The molecule has 0 aliphatic carbocycles. The van der Waals surface area contributed by atoms with Crippen LogP contribution in [0, 0.1) is 0 Å². The molecule has 2 aromatic carbocycles. The van der Waals surface area contributed by atoms with Gasteiger partial charge in [0.15, 0.2) is 11.5 Å². The number of ether oxygens (including phenoxy) is 3. The average Bonchev–Trinajstić information content (AvgIpc) is 2.66. The number of nitrogens with one attached hydrogen (secondary N) is 1. The van der Waals surface area contributed by atoms with E-state index in [1.165, 1.54) is 0 Å². The molecule has 140 valence electrons. The van der Waals surface area contributed by atoms with Crippen molar-refractivity contribution in [1.29, 1.82) is 0 Å². The fourth-order valence-corrected chi connectivity index (χ4v) is 2.53. The Morgan fingerprint density at radius 3 is 2.31 bits per heavy atom. The van der Waals surface area contributed by atoms with E-state index in [4.69, 9.17) is 25.8 Å². The quantitative estimate of drug-likeness (QED) is 0.737. The molecule has 0 saturated carbocycles. The molecule has 0 aliphatic heterocycles. The molecule has 0 aliphatic rings. The molecule has 5 nitrogen and oxygen atoms in total. The molecule has 0 aromatic heterocycles. The molecule has 1 unspecified atom stereocenters. The Morgan fingerprint density at radius 1 is 1.12 bits per heavy atom. The topological polar surface area (TPSA) is 56.8 Å². The van der Waals surface area contributed by atoms with Gasteiger partial charge in [0.05, 0.1) is 20.3 Å². The van der Waals surface area contributed by atoms with Crippen molar-refractivity contribution in [1.82, 2.24) is 5.32 Å². The van der Waals surface area contributed by atoms with E-state index in [9.17, 15) is 4.79 Å². The van der Waals surface area contributed by atoms with Crippen molar-refractivity contribution in [2.75, 3.05) is 14.2 Å². The average molecular weight is 378 g/mol. The number of halogens is 1. The van der Waals surface area contributed by atoms with Crippen molar-refractivity contribution >= 4 is 17.5 Å². The highest BCUT2D eigenvalue weighted by atomic mass is 35.5. The molecule has 1 atom stereocenters. The van der Waals surface area contributed by atoms with Gasteiger partial charge in [-0.3, -0.25) is 4.79 Å². The van der Waals surface area contributed by atoms with Crippen LogP contribution in [0.25, 0.3) is 0 Å². The Kier molecular flexibility index (Phi) is 7.16. The van der Waals surface area contributed by atoms with Crippen molar-refractivity contribution in [2.24, 2.45) is 0 Å². The molecular weight excluding hydrogens is 354 g/mol. The van der Waals surface area contributed by atoms with Gasteiger partial charge in [-0.25, -0.2) is 0 Å². The van der Waals surface area contributed by atoms with Crippen LogP contribution in [0.3, 0.4) is 0 Å². The van der Waals surface area contributed by atoms with Crippen LogP contribution >= 0.6 is 11.6 Å². The van der Waals surface area contributed by atoms with Crippen LogP contribution in [-0.2, 0) is 6.54 Å². The smallest absolute Gasteiger partial charge is 0.251 e. The zero-order valence-electron chi connectivity index (χ0n) is 15.5. The van der Waals surface area contributed by atoms with Crippen molar-refractivity contribution in [3.63, 3.8) is 0 Å². The van der Waals surface area contributed by atoms with Gasteiger partial charge < -0.3 is 19.5 Å². The van der Waals surface area contributed by atoms with Gasteiger partial charge in [0, 0.05) is 23.2 Å². The molecule has 2 aromatic rings. The van der Waals surface area contributed by atoms with E-state index < -0.39 is 0 Å². The normalized spacial score (nSPS) is 11.6. The summed E-state index contributed by atoms with van der Waals surface area (Å²) >= 11 is 6.25. The second-order valence-corrected chi connectivity index (χ2v) is 6.25. The van der Waals surface area contributed by atoms with Crippen molar-refractivity contribution in [2.45, 2.75) is 32.9 Å². The first-order valence-electron chi connectivity index (χ1n) is 8.43. The maximum absolute atomic E-state index is 12.3. The Balaban J connectivity index is 2.02. The van der Waals surface area contributed by atoms with E-state index in [1.807, 2.05) is 6.92 Å². The highest BCUT2D eigenvalue weighted by Crippen LogP contribution is 2.33. The van der Waals surface area contributed by atoms with Gasteiger partial charge in [-0.05, 0) is 49.2 Å². The molecule has 1 N–H and O–H groups in total. The number of hydrogen-bond donors (Lipinski definition) is 1. The summed E-state index contributed by atoms with van der Waals surface area (Å²) < 4.78 is 16.2. The second-order valence-electron chi connectivity index (χ2n) is 5.84. The van der Waals surface area contributed by atoms with Crippen LogP contribution in [0.5, 0.6) is 17.2 Å². The van der Waals surface area contributed by atoms with Crippen LogP contribution in [0.4, 0.5) is 0 Å². The first kappa shape index (κ1) is 19.9. The van der Waals surface area contributed by atoms with Gasteiger partial charge in [0.25, 0.3) is 5.91 Å². The summed E-state index contributed by atoms with van der Waals surface area (Å²) in [4.78, 5) is 12.3. The number of carbonyl (C=O) groups is 1. The van der Waals surface area contributed by atoms with Gasteiger partial charge in [-0.15, -0.1) is 0 Å². The van der Waals surface area contributed by atoms with Gasteiger partial charge in [-0.2, -0.15) is 0 Å². The van der Waals surface area contributed by atoms with Crippen LogP contribution < -0.4 is 19.5 Å². The Hall–Kier alpha value is -2.40. The molecule has 26 heavy (non-hydrogen) atoms. The molecular formula is C20H24ClNO4. The Morgan fingerprint density at radius 2 is 1.73 bits per heavy atom. The molecule has 0 heterocycles. The highest BCUT2D eigenvalue weighted by Gasteiger charge is 2.12. The number of rotatable bonds is 8. The Labute approximate surface area is 159 Å². The number of carbonyl (C=O) groups excluding carboxylic acids is 1. The van der Waals surface area contributed by atoms with Crippen LogP contribution in [0.15, 0.2) is 36.4 Å². The zero-order valence-corrected chi connectivity index (χ0v) is 16.2. The first-order chi connectivity index (χ1) is 12.5. The van der Waals surface area contributed by atoms with Gasteiger partial charge in [0.1, 0.15) is 5.75 Å². The van der Waals surface area contributed by atoms with E-state index in [2.05, 4.69) is 12.2 Å². The number of benzene rings is 2. The van der Waals surface area contributed by atoms with Crippen LogP contribution in [-0.4, -0.2) is 26.2 Å². The van der Waals surface area contributed by atoms with E-state index >= 15 is 0 Å². The fraction of sp³-hybridized carbons (Fsp3) is 0.350. The van der Waals surface area contributed by atoms with Gasteiger partial charge in [-0.1, -0.05) is 18.5 Å². The summed E-state index contributed by atoms with van der Waals surface area (Å²) in [6.45, 7) is 4.35. The number of methoxy groups -OCH3 is 2. The second kappa shape index (κ2) is 9.34. The molecule has 0 saturated heterocycles. The fourth-order valence-electron chi connectivity index (χ4n) is 2.31. The lowest BCUT2D eigenvalue weighted by Crippen LogP contribution is -2.23. The molecule has 0 fully saturated rings. The third-order valence-corrected chi connectivity index (χ3v) is 4.37. The minimum atomic E-state index is -0.189. The lowest BCUT2D eigenvalue weighted by Gasteiger charge is -2.13. The molecule has 1 amide bonds. The third-order valence-electron chi connectivity index (χ3n) is 4.02. The van der Waals surface area contributed by atoms with Gasteiger partial charge >= 0.3 is 0 Å². The third kappa shape index (κ3) is 5.05.